The first-order valence-corrected chi connectivity index (χ1v) is 7.57. The molecular formula is C15H24Cl3N3O2. The molecule has 0 spiro atoms. The predicted molar refractivity (Wildman–Crippen MR) is 99.2 cm³/mol. The van der Waals surface area contributed by atoms with Crippen molar-refractivity contribution < 1.29 is 4.92 Å². The summed E-state index contributed by atoms with van der Waals surface area (Å²) in [5.74, 6) is 0. The molecule has 1 aromatic rings. The zero-order valence-corrected chi connectivity index (χ0v) is 15.9. The van der Waals surface area contributed by atoms with Gasteiger partial charge in [-0.3, -0.25) is 15.0 Å². The van der Waals surface area contributed by atoms with E-state index < -0.39 is 0 Å². The van der Waals surface area contributed by atoms with Crippen molar-refractivity contribution in [2.75, 3.05) is 26.2 Å². The average molecular weight is 385 g/mol. The van der Waals surface area contributed by atoms with Gasteiger partial charge in [-0.2, -0.15) is 0 Å². The van der Waals surface area contributed by atoms with Crippen LogP contribution in [0.4, 0.5) is 5.69 Å². The fraction of sp³-hybridized carbons (Fsp3) is 0.600. The van der Waals surface area contributed by atoms with E-state index in [4.69, 9.17) is 11.6 Å². The molecule has 0 amide bonds. The van der Waals surface area contributed by atoms with E-state index in [1.807, 2.05) is 0 Å². The third-order valence-corrected chi connectivity index (χ3v) is 4.05. The van der Waals surface area contributed by atoms with Gasteiger partial charge in [0.05, 0.1) is 4.92 Å². The maximum Gasteiger partial charge on any atom is 0.274 e. The average Bonchev–Trinajstić information content (AvgIpc) is 2.38. The fourth-order valence-electron chi connectivity index (χ4n) is 3.06. The molecule has 0 unspecified atom stereocenters. The summed E-state index contributed by atoms with van der Waals surface area (Å²) in [6.07, 6.45) is 0. The van der Waals surface area contributed by atoms with Crippen molar-refractivity contribution in [3.8, 4) is 0 Å². The first-order valence-electron chi connectivity index (χ1n) is 7.19. The van der Waals surface area contributed by atoms with Crippen LogP contribution in [0.2, 0.25) is 5.02 Å². The first kappa shape index (κ1) is 22.4. The Morgan fingerprint density at radius 1 is 1.26 bits per heavy atom. The number of halogens is 3. The molecule has 2 rings (SSSR count). The number of hydrogen-bond acceptors (Lipinski definition) is 4. The first-order chi connectivity index (χ1) is 9.80. The number of rotatable bonds is 3. The molecule has 5 nitrogen and oxygen atoms in total. The zero-order valence-electron chi connectivity index (χ0n) is 13.5. The summed E-state index contributed by atoms with van der Waals surface area (Å²) in [5, 5.41) is 15.2. The number of nitro groups is 1. The lowest BCUT2D eigenvalue weighted by atomic mass is 9.80. The van der Waals surface area contributed by atoms with Crippen LogP contribution in [0.1, 0.15) is 32.4 Å². The summed E-state index contributed by atoms with van der Waals surface area (Å²) in [5.41, 5.74) is 0.743. The van der Waals surface area contributed by atoms with Crippen LogP contribution in [-0.4, -0.2) is 36.0 Å². The Balaban J connectivity index is 0.00000242. The highest BCUT2D eigenvalue weighted by atomic mass is 35.5. The minimum Gasteiger partial charge on any atom is -0.314 e. The molecular weight excluding hydrogens is 361 g/mol. The zero-order chi connectivity index (χ0) is 15.6. The quantitative estimate of drug-likeness (QED) is 0.630. The molecule has 0 aliphatic carbocycles. The summed E-state index contributed by atoms with van der Waals surface area (Å²) in [6.45, 7) is 9.91. The van der Waals surface area contributed by atoms with Crippen molar-refractivity contribution in [1.29, 1.82) is 0 Å². The molecule has 0 aromatic heterocycles. The van der Waals surface area contributed by atoms with Gasteiger partial charge in [0.15, 0.2) is 0 Å². The van der Waals surface area contributed by atoms with E-state index in [2.05, 4.69) is 31.0 Å². The smallest absolute Gasteiger partial charge is 0.274 e. The van der Waals surface area contributed by atoms with E-state index in [9.17, 15) is 10.1 Å². The van der Waals surface area contributed by atoms with Crippen LogP contribution in [0.25, 0.3) is 0 Å². The summed E-state index contributed by atoms with van der Waals surface area (Å²) in [6, 6.07) is 4.82. The van der Waals surface area contributed by atoms with Crippen LogP contribution in [0.5, 0.6) is 0 Å². The molecule has 1 N–H and O–H groups in total. The fourth-order valence-corrected chi connectivity index (χ4v) is 3.24. The maximum atomic E-state index is 11.4. The van der Waals surface area contributed by atoms with Gasteiger partial charge in [-0.05, 0) is 17.5 Å². The topological polar surface area (TPSA) is 58.4 Å². The van der Waals surface area contributed by atoms with Gasteiger partial charge in [0.25, 0.3) is 5.69 Å². The van der Waals surface area contributed by atoms with Crippen LogP contribution >= 0.6 is 36.4 Å². The third-order valence-electron chi connectivity index (χ3n) is 3.82. The summed E-state index contributed by atoms with van der Waals surface area (Å²) >= 11 is 6.10. The van der Waals surface area contributed by atoms with Gasteiger partial charge in [0.1, 0.15) is 0 Å². The Hall–Kier alpha value is -0.590. The molecule has 1 fully saturated rings. The molecule has 132 valence electrons. The lowest BCUT2D eigenvalue weighted by Gasteiger charge is -2.42. The number of nitrogens with one attached hydrogen (secondary N) is 1. The van der Waals surface area contributed by atoms with Crippen LogP contribution < -0.4 is 5.32 Å². The molecule has 0 saturated carbocycles. The minimum absolute atomic E-state index is 0. The molecule has 1 saturated heterocycles. The molecule has 0 radical (unpaired) electrons. The Morgan fingerprint density at radius 3 is 2.30 bits per heavy atom. The Morgan fingerprint density at radius 2 is 1.83 bits per heavy atom. The van der Waals surface area contributed by atoms with Gasteiger partial charge >= 0.3 is 0 Å². The molecule has 1 aliphatic rings. The third kappa shape index (κ3) is 5.47. The van der Waals surface area contributed by atoms with Crippen molar-refractivity contribution in [2.24, 2.45) is 5.41 Å². The standard InChI is InChI=1S/C15H22ClN3O2.2ClH/c1-15(2,3)14(18-8-6-17-7-9-18)12-10-11(16)4-5-13(12)19(20)21;;/h4-5,10,14,17H,6-9H2,1-3H3;2*1H/t14-;;/m1../s1. The summed E-state index contributed by atoms with van der Waals surface area (Å²) < 4.78 is 0. The Labute approximate surface area is 154 Å². The molecule has 1 atom stereocenters. The van der Waals surface area contributed by atoms with Gasteiger partial charge in [-0.25, -0.2) is 0 Å². The maximum absolute atomic E-state index is 11.4. The monoisotopic (exact) mass is 383 g/mol. The van der Waals surface area contributed by atoms with Gasteiger partial charge in [0, 0.05) is 48.9 Å². The molecule has 1 heterocycles. The van der Waals surface area contributed by atoms with E-state index in [1.54, 1.807) is 12.1 Å². The second-order valence-electron chi connectivity index (χ2n) is 6.51. The van der Waals surface area contributed by atoms with Crippen LogP contribution in [0, 0.1) is 15.5 Å². The van der Waals surface area contributed by atoms with Crippen molar-refractivity contribution in [3.63, 3.8) is 0 Å². The normalized spacial score (nSPS) is 16.9. The van der Waals surface area contributed by atoms with Crippen molar-refractivity contribution in [1.82, 2.24) is 10.2 Å². The summed E-state index contributed by atoms with van der Waals surface area (Å²) in [7, 11) is 0. The molecule has 1 aliphatic heterocycles. The highest BCUT2D eigenvalue weighted by Crippen LogP contribution is 2.42. The van der Waals surface area contributed by atoms with Gasteiger partial charge < -0.3 is 5.32 Å². The second kappa shape index (κ2) is 9.04. The summed E-state index contributed by atoms with van der Waals surface area (Å²) in [4.78, 5) is 13.4. The number of benzene rings is 1. The largest absolute Gasteiger partial charge is 0.314 e. The van der Waals surface area contributed by atoms with Crippen molar-refractivity contribution in [2.45, 2.75) is 26.8 Å². The van der Waals surface area contributed by atoms with Gasteiger partial charge in [-0.1, -0.05) is 32.4 Å². The van der Waals surface area contributed by atoms with E-state index in [-0.39, 0.29) is 46.9 Å². The molecule has 23 heavy (non-hydrogen) atoms. The lowest BCUT2D eigenvalue weighted by molar-refractivity contribution is -0.386. The van der Waals surface area contributed by atoms with E-state index in [0.29, 0.717) is 10.6 Å². The molecule has 0 bridgehead atoms. The number of nitrogens with zero attached hydrogens (tertiary/aromatic N) is 2. The number of nitro benzene ring substituents is 1. The van der Waals surface area contributed by atoms with Crippen molar-refractivity contribution >= 4 is 42.1 Å². The number of piperazine rings is 1. The predicted octanol–water partition coefficient (Wildman–Crippen LogP) is 4.08. The van der Waals surface area contributed by atoms with E-state index >= 15 is 0 Å². The van der Waals surface area contributed by atoms with Crippen LogP contribution in [0.3, 0.4) is 0 Å². The highest BCUT2D eigenvalue weighted by Gasteiger charge is 2.36. The van der Waals surface area contributed by atoms with Crippen LogP contribution in [-0.2, 0) is 0 Å². The highest BCUT2D eigenvalue weighted by molar-refractivity contribution is 6.30. The van der Waals surface area contributed by atoms with Crippen LogP contribution in [0.15, 0.2) is 18.2 Å². The van der Waals surface area contributed by atoms with E-state index in [1.165, 1.54) is 6.07 Å². The van der Waals surface area contributed by atoms with E-state index in [0.717, 1.165) is 26.2 Å². The second-order valence-corrected chi connectivity index (χ2v) is 6.95. The van der Waals surface area contributed by atoms with Gasteiger partial charge in [0.2, 0.25) is 0 Å². The Bertz CT molecular complexity index is 529. The van der Waals surface area contributed by atoms with Crippen molar-refractivity contribution in [3.05, 3.63) is 38.9 Å². The van der Waals surface area contributed by atoms with Gasteiger partial charge in [-0.15, -0.1) is 24.8 Å². The number of hydrogen-bond donors (Lipinski definition) is 1. The minimum atomic E-state index is -0.313. The Kier molecular flexibility index (Phi) is 8.81. The lowest BCUT2D eigenvalue weighted by Crippen LogP contribution is -2.48. The SMILES string of the molecule is CC(C)(C)[C@@H](c1cc(Cl)ccc1[N+](=O)[O-])N1CCNCC1.Cl.Cl. The molecule has 1 aromatic carbocycles. The molecule has 8 heteroatoms.